The van der Waals surface area contributed by atoms with E-state index >= 15 is 0 Å². The number of aryl methyl sites for hydroxylation is 1. The maximum absolute atomic E-state index is 12.9. The highest BCUT2D eigenvalue weighted by molar-refractivity contribution is 6.01. The summed E-state index contributed by atoms with van der Waals surface area (Å²) in [6, 6.07) is 16.9. The number of likely N-dealkylation sites (tertiary alicyclic amines) is 1. The SMILES string of the molecule is Cc1ccc(NC(=O)N2CCC[C@@H](C(=O)Nc3ccccc3)C2)c2cccnc12. The molecule has 0 aliphatic carbocycles. The van der Waals surface area contributed by atoms with Crippen molar-refractivity contribution in [3.8, 4) is 0 Å². The Morgan fingerprint density at radius 2 is 1.86 bits per heavy atom. The Kier molecular flexibility index (Phi) is 5.42. The van der Waals surface area contributed by atoms with Crippen LogP contribution in [0.4, 0.5) is 16.2 Å². The van der Waals surface area contributed by atoms with Crippen LogP contribution in [0.1, 0.15) is 18.4 Å². The zero-order valence-electron chi connectivity index (χ0n) is 16.4. The number of para-hydroxylation sites is 1. The van der Waals surface area contributed by atoms with E-state index in [0.29, 0.717) is 13.1 Å². The smallest absolute Gasteiger partial charge is 0.321 e. The molecule has 0 radical (unpaired) electrons. The van der Waals surface area contributed by atoms with Crippen molar-refractivity contribution in [3.63, 3.8) is 0 Å². The van der Waals surface area contributed by atoms with E-state index in [1.165, 1.54) is 0 Å². The minimum atomic E-state index is -0.217. The number of nitrogens with zero attached hydrogens (tertiary/aromatic N) is 2. The van der Waals surface area contributed by atoms with Gasteiger partial charge in [0.2, 0.25) is 5.91 Å². The Balaban J connectivity index is 1.44. The van der Waals surface area contributed by atoms with Gasteiger partial charge in [0.15, 0.2) is 0 Å². The predicted molar refractivity (Wildman–Crippen MR) is 115 cm³/mol. The minimum absolute atomic E-state index is 0.0429. The van der Waals surface area contributed by atoms with Crippen LogP contribution in [0.25, 0.3) is 10.9 Å². The van der Waals surface area contributed by atoms with Gasteiger partial charge in [-0.25, -0.2) is 4.79 Å². The lowest BCUT2D eigenvalue weighted by atomic mass is 9.97. The highest BCUT2D eigenvalue weighted by Gasteiger charge is 2.28. The standard InChI is InChI=1S/C23H24N4O2/c1-16-11-12-20(19-10-5-13-24-21(16)19)26-23(29)27-14-6-7-17(15-27)22(28)25-18-8-3-2-4-9-18/h2-5,8-13,17H,6-7,14-15H2,1H3,(H,25,28)(H,26,29)/t17-/m1/s1. The number of fused-ring (bicyclic) bond motifs is 1. The zero-order chi connectivity index (χ0) is 20.2. The molecule has 3 aromatic rings. The van der Waals surface area contributed by atoms with Crippen LogP contribution in [0.5, 0.6) is 0 Å². The van der Waals surface area contributed by atoms with Crippen LogP contribution in [0.2, 0.25) is 0 Å². The van der Waals surface area contributed by atoms with Crippen molar-refractivity contribution in [2.24, 2.45) is 5.92 Å². The van der Waals surface area contributed by atoms with Gasteiger partial charge in [0.05, 0.1) is 17.1 Å². The molecule has 2 aromatic carbocycles. The van der Waals surface area contributed by atoms with Gasteiger partial charge in [-0.3, -0.25) is 9.78 Å². The number of carbonyl (C=O) groups excluding carboxylic acids is 2. The number of anilines is 2. The number of urea groups is 1. The number of carbonyl (C=O) groups is 2. The van der Waals surface area contributed by atoms with E-state index in [4.69, 9.17) is 0 Å². The number of hydrogen-bond donors (Lipinski definition) is 2. The average Bonchev–Trinajstić information content (AvgIpc) is 2.76. The summed E-state index contributed by atoms with van der Waals surface area (Å²) in [6.45, 7) is 3.05. The van der Waals surface area contributed by atoms with Crippen LogP contribution in [-0.2, 0) is 4.79 Å². The van der Waals surface area contributed by atoms with Gasteiger partial charge in [0, 0.05) is 30.4 Å². The van der Waals surface area contributed by atoms with Gasteiger partial charge in [0.25, 0.3) is 0 Å². The van der Waals surface area contributed by atoms with E-state index < -0.39 is 0 Å². The molecule has 1 atom stereocenters. The number of nitrogens with one attached hydrogen (secondary N) is 2. The fourth-order valence-electron chi connectivity index (χ4n) is 3.76. The molecule has 2 heterocycles. The first kappa shape index (κ1) is 18.9. The summed E-state index contributed by atoms with van der Waals surface area (Å²) >= 11 is 0. The summed E-state index contributed by atoms with van der Waals surface area (Å²) in [5, 5.41) is 6.87. The number of pyridine rings is 1. The number of aromatic nitrogens is 1. The second-order valence-electron chi connectivity index (χ2n) is 7.40. The second-order valence-corrected chi connectivity index (χ2v) is 7.40. The average molecular weight is 388 g/mol. The summed E-state index contributed by atoms with van der Waals surface area (Å²) in [7, 11) is 0. The van der Waals surface area contributed by atoms with E-state index in [-0.39, 0.29) is 17.9 Å². The molecular weight excluding hydrogens is 364 g/mol. The number of piperidine rings is 1. The van der Waals surface area contributed by atoms with Crippen molar-refractivity contribution in [2.75, 3.05) is 23.7 Å². The molecule has 29 heavy (non-hydrogen) atoms. The molecular formula is C23H24N4O2. The van der Waals surface area contributed by atoms with Crippen molar-refractivity contribution >= 4 is 34.2 Å². The molecule has 0 spiro atoms. The monoisotopic (exact) mass is 388 g/mol. The van der Waals surface area contributed by atoms with E-state index in [0.717, 1.165) is 40.7 Å². The van der Waals surface area contributed by atoms with Crippen LogP contribution < -0.4 is 10.6 Å². The van der Waals surface area contributed by atoms with Gasteiger partial charge in [-0.1, -0.05) is 24.3 Å². The molecule has 1 aromatic heterocycles. The number of amides is 3. The molecule has 0 unspecified atom stereocenters. The molecule has 0 bridgehead atoms. The van der Waals surface area contributed by atoms with Crippen molar-refractivity contribution in [1.29, 1.82) is 0 Å². The first-order chi connectivity index (χ1) is 14.1. The lowest BCUT2D eigenvalue weighted by Crippen LogP contribution is -2.45. The van der Waals surface area contributed by atoms with Gasteiger partial charge < -0.3 is 15.5 Å². The second kappa shape index (κ2) is 8.31. The molecule has 2 N–H and O–H groups in total. The van der Waals surface area contributed by atoms with Gasteiger partial charge in [-0.15, -0.1) is 0 Å². The van der Waals surface area contributed by atoms with Crippen molar-refractivity contribution in [2.45, 2.75) is 19.8 Å². The molecule has 0 saturated carbocycles. The summed E-state index contributed by atoms with van der Waals surface area (Å²) in [4.78, 5) is 31.7. The molecule has 1 saturated heterocycles. The minimum Gasteiger partial charge on any atom is -0.326 e. The zero-order valence-corrected chi connectivity index (χ0v) is 16.4. The Labute approximate surface area is 169 Å². The van der Waals surface area contributed by atoms with E-state index in [9.17, 15) is 9.59 Å². The molecule has 6 nitrogen and oxygen atoms in total. The predicted octanol–water partition coefficient (Wildman–Crippen LogP) is 4.43. The Morgan fingerprint density at radius 3 is 2.69 bits per heavy atom. The third kappa shape index (κ3) is 4.21. The molecule has 3 amide bonds. The van der Waals surface area contributed by atoms with E-state index in [1.807, 2.05) is 61.5 Å². The first-order valence-corrected chi connectivity index (χ1v) is 9.88. The number of benzene rings is 2. The van der Waals surface area contributed by atoms with Crippen LogP contribution >= 0.6 is 0 Å². The van der Waals surface area contributed by atoms with Crippen LogP contribution in [0, 0.1) is 12.8 Å². The van der Waals surface area contributed by atoms with Crippen LogP contribution in [0.15, 0.2) is 60.8 Å². The van der Waals surface area contributed by atoms with Gasteiger partial charge in [0.1, 0.15) is 0 Å². The molecule has 1 aliphatic heterocycles. The normalized spacial score (nSPS) is 16.4. The summed E-state index contributed by atoms with van der Waals surface area (Å²) < 4.78 is 0. The molecule has 6 heteroatoms. The highest BCUT2D eigenvalue weighted by Crippen LogP contribution is 2.26. The summed E-state index contributed by atoms with van der Waals surface area (Å²) in [5.74, 6) is -0.259. The maximum Gasteiger partial charge on any atom is 0.321 e. The topological polar surface area (TPSA) is 74.3 Å². The Hall–Kier alpha value is -3.41. The lowest BCUT2D eigenvalue weighted by molar-refractivity contribution is -0.121. The Morgan fingerprint density at radius 1 is 1.03 bits per heavy atom. The fraction of sp³-hybridized carbons (Fsp3) is 0.261. The summed E-state index contributed by atoms with van der Waals surface area (Å²) in [5.41, 5.74) is 3.45. The number of hydrogen-bond acceptors (Lipinski definition) is 3. The molecule has 1 fully saturated rings. The highest BCUT2D eigenvalue weighted by atomic mass is 16.2. The lowest BCUT2D eigenvalue weighted by Gasteiger charge is -2.32. The fourth-order valence-corrected chi connectivity index (χ4v) is 3.76. The van der Waals surface area contributed by atoms with Crippen LogP contribution in [0.3, 0.4) is 0 Å². The maximum atomic E-state index is 12.9. The largest absolute Gasteiger partial charge is 0.326 e. The van der Waals surface area contributed by atoms with E-state index in [2.05, 4.69) is 15.6 Å². The van der Waals surface area contributed by atoms with Crippen LogP contribution in [-0.4, -0.2) is 34.9 Å². The van der Waals surface area contributed by atoms with Crippen molar-refractivity contribution < 1.29 is 9.59 Å². The molecule has 1 aliphatic rings. The first-order valence-electron chi connectivity index (χ1n) is 9.88. The number of rotatable bonds is 3. The van der Waals surface area contributed by atoms with Crippen molar-refractivity contribution in [3.05, 3.63) is 66.4 Å². The van der Waals surface area contributed by atoms with Gasteiger partial charge in [-0.2, -0.15) is 0 Å². The quantitative estimate of drug-likeness (QED) is 0.697. The third-order valence-corrected chi connectivity index (χ3v) is 5.33. The van der Waals surface area contributed by atoms with E-state index in [1.54, 1.807) is 11.1 Å². The molecule has 4 rings (SSSR count). The Bertz CT molecular complexity index is 1040. The van der Waals surface area contributed by atoms with Crippen molar-refractivity contribution in [1.82, 2.24) is 9.88 Å². The third-order valence-electron chi connectivity index (χ3n) is 5.33. The summed E-state index contributed by atoms with van der Waals surface area (Å²) in [6.07, 6.45) is 3.33. The van der Waals surface area contributed by atoms with Gasteiger partial charge in [-0.05, 0) is 55.7 Å². The van der Waals surface area contributed by atoms with Gasteiger partial charge >= 0.3 is 6.03 Å². The molecule has 148 valence electrons.